The number of likely N-dealkylation sites (tertiary alicyclic amines) is 1. The Hall–Kier alpha value is -1.76. The monoisotopic (exact) mass is 292 g/mol. The van der Waals surface area contributed by atoms with Crippen LogP contribution in [0.1, 0.15) is 19.8 Å². The van der Waals surface area contributed by atoms with Crippen LogP contribution in [-0.2, 0) is 4.79 Å². The number of carbonyl (C=O) groups excluding carboxylic acids is 1. The zero-order chi connectivity index (χ0) is 13.9. The van der Waals surface area contributed by atoms with Gasteiger partial charge in [0.2, 0.25) is 5.91 Å². The summed E-state index contributed by atoms with van der Waals surface area (Å²) < 4.78 is 5.55. The van der Waals surface area contributed by atoms with Gasteiger partial charge in [0.1, 0.15) is 5.69 Å². The van der Waals surface area contributed by atoms with E-state index in [0.717, 1.165) is 31.6 Å². The molecule has 1 amide bonds. The molecule has 7 heteroatoms. The van der Waals surface area contributed by atoms with Gasteiger partial charge in [-0.3, -0.25) is 4.79 Å². The second kappa shape index (κ2) is 5.70. The lowest BCUT2D eigenvalue weighted by Crippen LogP contribution is -2.34. The molecular weight excluding hydrogens is 276 g/mol. The van der Waals surface area contributed by atoms with Crippen LogP contribution in [0, 0.1) is 0 Å². The Morgan fingerprint density at radius 3 is 2.95 bits per heavy atom. The highest BCUT2D eigenvalue weighted by Crippen LogP contribution is 2.27. The molecule has 0 bridgehead atoms. The van der Waals surface area contributed by atoms with Crippen molar-refractivity contribution < 1.29 is 9.21 Å². The lowest BCUT2D eigenvalue weighted by Gasteiger charge is -2.18. The maximum absolute atomic E-state index is 12.2. The second-order valence-corrected chi connectivity index (χ2v) is 6.04. The number of nitrogens with one attached hydrogen (secondary N) is 1. The molecule has 0 aliphatic carbocycles. The molecule has 1 saturated heterocycles. The van der Waals surface area contributed by atoms with Crippen molar-refractivity contribution in [3.63, 3.8) is 0 Å². The number of hydrogen-bond acceptors (Lipinski definition) is 5. The summed E-state index contributed by atoms with van der Waals surface area (Å²) in [5, 5.41) is 8.17. The number of rotatable bonds is 4. The van der Waals surface area contributed by atoms with Gasteiger partial charge in [-0.05, 0) is 31.9 Å². The van der Waals surface area contributed by atoms with E-state index in [0.29, 0.717) is 11.1 Å². The molecular formula is C13H16N4O2S. The summed E-state index contributed by atoms with van der Waals surface area (Å²) in [6.07, 6.45) is 3.99. The molecule has 0 saturated carbocycles. The maximum atomic E-state index is 12.2. The van der Waals surface area contributed by atoms with Gasteiger partial charge in [0.25, 0.3) is 11.1 Å². The number of H-pyrrole nitrogens is 1. The van der Waals surface area contributed by atoms with Crippen molar-refractivity contribution in [3.05, 3.63) is 18.3 Å². The summed E-state index contributed by atoms with van der Waals surface area (Å²) in [6, 6.07) is 3.73. The lowest BCUT2D eigenvalue weighted by molar-refractivity contribution is -0.129. The summed E-state index contributed by atoms with van der Waals surface area (Å²) in [5.41, 5.74) is 0.780. The van der Waals surface area contributed by atoms with E-state index in [1.807, 2.05) is 24.0 Å². The van der Waals surface area contributed by atoms with Crippen molar-refractivity contribution >= 4 is 17.7 Å². The van der Waals surface area contributed by atoms with Crippen LogP contribution in [0.2, 0.25) is 0 Å². The fraction of sp³-hybridized carbons (Fsp3) is 0.462. The van der Waals surface area contributed by atoms with Gasteiger partial charge in [-0.1, -0.05) is 11.8 Å². The fourth-order valence-electron chi connectivity index (χ4n) is 2.23. The number of amides is 1. The van der Waals surface area contributed by atoms with Crippen molar-refractivity contribution in [1.29, 1.82) is 0 Å². The highest BCUT2D eigenvalue weighted by atomic mass is 32.2. The number of carbonyl (C=O) groups is 1. The van der Waals surface area contributed by atoms with Crippen LogP contribution >= 0.6 is 11.8 Å². The smallest absolute Gasteiger partial charge is 0.277 e. The van der Waals surface area contributed by atoms with E-state index in [4.69, 9.17) is 4.42 Å². The zero-order valence-electron chi connectivity index (χ0n) is 11.2. The molecule has 6 nitrogen and oxygen atoms in total. The number of aromatic nitrogens is 3. The van der Waals surface area contributed by atoms with Crippen LogP contribution in [0.4, 0.5) is 0 Å². The number of aromatic amines is 1. The zero-order valence-corrected chi connectivity index (χ0v) is 12.0. The molecule has 0 radical (unpaired) electrons. The summed E-state index contributed by atoms with van der Waals surface area (Å²) in [6.45, 7) is 3.60. The predicted octanol–water partition coefficient (Wildman–Crippen LogP) is 2.17. The van der Waals surface area contributed by atoms with E-state index in [1.54, 1.807) is 6.20 Å². The molecule has 3 heterocycles. The van der Waals surface area contributed by atoms with Gasteiger partial charge in [0.05, 0.1) is 5.25 Å². The van der Waals surface area contributed by atoms with Crippen LogP contribution in [-0.4, -0.2) is 44.3 Å². The third kappa shape index (κ3) is 2.72. The van der Waals surface area contributed by atoms with E-state index in [-0.39, 0.29) is 11.2 Å². The van der Waals surface area contributed by atoms with Crippen molar-refractivity contribution in [1.82, 2.24) is 20.1 Å². The molecule has 0 spiro atoms. The molecule has 1 atom stereocenters. The van der Waals surface area contributed by atoms with E-state index >= 15 is 0 Å². The minimum absolute atomic E-state index is 0.145. The molecule has 0 unspecified atom stereocenters. The molecule has 2 aromatic heterocycles. The van der Waals surface area contributed by atoms with Gasteiger partial charge >= 0.3 is 0 Å². The number of nitrogens with zero attached hydrogens (tertiary/aromatic N) is 3. The first-order chi connectivity index (χ1) is 9.74. The van der Waals surface area contributed by atoms with Crippen LogP contribution < -0.4 is 0 Å². The van der Waals surface area contributed by atoms with Crippen LogP contribution in [0.3, 0.4) is 0 Å². The Kier molecular flexibility index (Phi) is 3.77. The van der Waals surface area contributed by atoms with E-state index < -0.39 is 0 Å². The summed E-state index contributed by atoms with van der Waals surface area (Å²) in [7, 11) is 0. The van der Waals surface area contributed by atoms with Gasteiger partial charge in [-0.15, -0.1) is 10.2 Å². The first-order valence-electron chi connectivity index (χ1n) is 6.67. The van der Waals surface area contributed by atoms with Crippen molar-refractivity contribution in [3.8, 4) is 11.6 Å². The largest absolute Gasteiger partial charge is 0.410 e. The molecule has 0 aromatic carbocycles. The van der Waals surface area contributed by atoms with E-state index in [9.17, 15) is 4.79 Å². The molecule has 2 aromatic rings. The Morgan fingerprint density at radius 2 is 2.25 bits per heavy atom. The van der Waals surface area contributed by atoms with E-state index in [1.165, 1.54) is 11.8 Å². The van der Waals surface area contributed by atoms with Crippen molar-refractivity contribution in [2.24, 2.45) is 0 Å². The highest BCUT2D eigenvalue weighted by Gasteiger charge is 2.25. The van der Waals surface area contributed by atoms with Crippen LogP contribution in [0.5, 0.6) is 0 Å². The van der Waals surface area contributed by atoms with Crippen molar-refractivity contribution in [2.45, 2.75) is 30.2 Å². The minimum atomic E-state index is -0.204. The topological polar surface area (TPSA) is 75.0 Å². The van der Waals surface area contributed by atoms with E-state index in [2.05, 4.69) is 15.2 Å². The average molecular weight is 292 g/mol. The average Bonchev–Trinajstić information content (AvgIpc) is 3.19. The molecule has 106 valence electrons. The third-order valence-electron chi connectivity index (χ3n) is 3.28. The summed E-state index contributed by atoms with van der Waals surface area (Å²) >= 11 is 1.31. The number of hydrogen-bond donors (Lipinski definition) is 1. The lowest BCUT2D eigenvalue weighted by atomic mass is 10.4. The summed E-state index contributed by atoms with van der Waals surface area (Å²) in [4.78, 5) is 17.1. The number of thioether (sulfide) groups is 1. The molecule has 1 aliphatic heterocycles. The first-order valence-corrected chi connectivity index (χ1v) is 7.55. The minimum Gasteiger partial charge on any atom is -0.410 e. The van der Waals surface area contributed by atoms with Gasteiger partial charge in [0, 0.05) is 19.3 Å². The fourth-order valence-corrected chi connectivity index (χ4v) is 2.99. The van der Waals surface area contributed by atoms with Gasteiger partial charge in [-0.2, -0.15) is 0 Å². The maximum Gasteiger partial charge on any atom is 0.277 e. The van der Waals surface area contributed by atoms with Crippen LogP contribution in [0.25, 0.3) is 11.6 Å². The second-order valence-electron chi connectivity index (χ2n) is 4.75. The highest BCUT2D eigenvalue weighted by molar-refractivity contribution is 8.00. The molecule has 1 aliphatic rings. The SMILES string of the molecule is C[C@H](Sc1nnc(-c2ccc[nH]2)o1)C(=O)N1CCCC1. The summed E-state index contributed by atoms with van der Waals surface area (Å²) in [5.74, 6) is 0.588. The standard InChI is InChI=1S/C13H16N4O2S/c1-9(12(18)17-7-2-3-8-17)20-13-16-15-11(19-13)10-5-4-6-14-10/h4-6,9,14H,2-3,7-8H2,1H3/t9-/m0/s1. The molecule has 1 fully saturated rings. The first kappa shape index (κ1) is 13.2. The molecule has 3 rings (SSSR count). The Bertz CT molecular complexity index is 575. The molecule has 1 N–H and O–H groups in total. The normalized spacial score (nSPS) is 16.6. The van der Waals surface area contributed by atoms with Crippen LogP contribution in [0.15, 0.2) is 28.0 Å². The Labute approximate surface area is 120 Å². The Balaban J connectivity index is 1.64. The van der Waals surface area contributed by atoms with Gasteiger partial charge in [-0.25, -0.2) is 0 Å². The quantitative estimate of drug-likeness (QED) is 0.874. The van der Waals surface area contributed by atoms with Crippen molar-refractivity contribution in [2.75, 3.05) is 13.1 Å². The molecule has 20 heavy (non-hydrogen) atoms. The predicted molar refractivity (Wildman–Crippen MR) is 75.2 cm³/mol. The third-order valence-corrected chi connectivity index (χ3v) is 4.20. The Morgan fingerprint density at radius 1 is 1.45 bits per heavy atom. The van der Waals surface area contributed by atoms with Gasteiger partial charge in [0.15, 0.2) is 0 Å². The van der Waals surface area contributed by atoms with Gasteiger partial charge < -0.3 is 14.3 Å².